The molecule has 0 heterocycles. The van der Waals surface area contributed by atoms with Crippen LogP contribution in [0.4, 0.5) is 4.79 Å². The molecule has 0 rings (SSSR count). The minimum atomic E-state index is -0.614. The largest absolute Gasteiger partial charge is 0.444 e. The van der Waals surface area contributed by atoms with Crippen molar-refractivity contribution in [3.8, 4) is 12.3 Å². The van der Waals surface area contributed by atoms with Gasteiger partial charge in [0.05, 0.1) is 0 Å². The van der Waals surface area contributed by atoms with Crippen LogP contribution in [0.1, 0.15) is 41.5 Å². The van der Waals surface area contributed by atoms with Gasteiger partial charge in [0, 0.05) is 6.54 Å². The van der Waals surface area contributed by atoms with Gasteiger partial charge in [0.1, 0.15) is 11.1 Å². The van der Waals surface area contributed by atoms with E-state index < -0.39 is 11.1 Å². The van der Waals surface area contributed by atoms with E-state index in [1.165, 1.54) is 4.90 Å². The zero-order valence-electron chi connectivity index (χ0n) is 10.5. The third kappa shape index (κ3) is 4.24. The molecule has 0 saturated heterocycles. The number of nitrogens with zero attached hydrogens (tertiary/aromatic N) is 1. The van der Waals surface area contributed by atoms with Gasteiger partial charge >= 0.3 is 6.09 Å². The van der Waals surface area contributed by atoms with Gasteiger partial charge in [-0.1, -0.05) is 5.92 Å². The second-order valence-electron chi connectivity index (χ2n) is 4.93. The number of hydrogen-bond acceptors (Lipinski definition) is 2. The Morgan fingerprint density at radius 3 is 2.07 bits per heavy atom. The number of carbonyl (C=O) groups is 1. The molecule has 0 N–H and O–H groups in total. The van der Waals surface area contributed by atoms with Crippen molar-refractivity contribution in [2.24, 2.45) is 0 Å². The van der Waals surface area contributed by atoms with Crippen molar-refractivity contribution in [1.82, 2.24) is 4.90 Å². The highest BCUT2D eigenvalue weighted by Crippen LogP contribution is 2.17. The Kier molecular flexibility index (Phi) is 4.21. The fraction of sp³-hybridized carbons (Fsp3) is 0.750. The highest BCUT2D eigenvalue weighted by molar-refractivity contribution is 5.69. The standard InChI is InChI=1S/C12H21NO2/c1-8-12(6,7)13(9-2)10(14)15-11(3,4)5/h1H,9H2,2-7H3. The van der Waals surface area contributed by atoms with Crippen LogP contribution >= 0.6 is 0 Å². The van der Waals surface area contributed by atoms with Gasteiger partial charge in [-0.2, -0.15) is 0 Å². The molecular weight excluding hydrogens is 190 g/mol. The summed E-state index contributed by atoms with van der Waals surface area (Å²) in [5.74, 6) is 2.58. The third-order valence-electron chi connectivity index (χ3n) is 1.96. The lowest BCUT2D eigenvalue weighted by atomic mass is 10.1. The van der Waals surface area contributed by atoms with Crippen molar-refractivity contribution >= 4 is 6.09 Å². The van der Waals surface area contributed by atoms with Crippen molar-refractivity contribution in [3.05, 3.63) is 0 Å². The van der Waals surface area contributed by atoms with Gasteiger partial charge in [-0.05, 0) is 41.5 Å². The first-order valence-electron chi connectivity index (χ1n) is 5.12. The summed E-state index contributed by atoms with van der Waals surface area (Å²) in [6, 6.07) is 0. The van der Waals surface area contributed by atoms with Crippen LogP contribution in [0.15, 0.2) is 0 Å². The molecule has 3 heteroatoms. The zero-order chi connectivity index (χ0) is 12.3. The monoisotopic (exact) mass is 211 g/mol. The van der Waals surface area contributed by atoms with E-state index >= 15 is 0 Å². The van der Waals surface area contributed by atoms with E-state index in [9.17, 15) is 4.79 Å². The maximum Gasteiger partial charge on any atom is 0.411 e. The molecule has 0 aromatic carbocycles. The Balaban J connectivity index is 4.73. The fourth-order valence-corrected chi connectivity index (χ4v) is 1.15. The Morgan fingerprint density at radius 2 is 1.80 bits per heavy atom. The molecule has 0 atom stereocenters. The molecule has 1 amide bonds. The van der Waals surface area contributed by atoms with Gasteiger partial charge in [0.2, 0.25) is 0 Å². The van der Waals surface area contributed by atoms with E-state index in [0.29, 0.717) is 6.54 Å². The molecule has 0 unspecified atom stereocenters. The number of terminal acetylenes is 1. The van der Waals surface area contributed by atoms with Crippen molar-refractivity contribution in [3.63, 3.8) is 0 Å². The number of hydrogen-bond donors (Lipinski definition) is 0. The van der Waals surface area contributed by atoms with Crippen LogP contribution in [0, 0.1) is 12.3 Å². The minimum absolute atomic E-state index is 0.368. The Labute approximate surface area is 92.8 Å². The van der Waals surface area contributed by atoms with Crippen LogP contribution in [0.25, 0.3) is 0 Å². The van der Waals surface area contributed by atoms with Gasteiger partial charge in [0.15, 0.2) is 0 Å². The molecule has 0 bridgehead atoms. The highest BCUT2D eigenvalue weighted by Gasteiger charge is 2.31. The molecule has 0 fully saturated rings. The zero-order valence-corrected chi connectivity index (χ0v) is 10.5. The molecule has 0 aromatic heterocycles. The lowest BCUT2D eigenvalue weighted by Crippen LogP contribution is -2.48. The molecule has 3 nitrogen and oxygen atoms in total. The highest BCUT2D eigenvalue weighted by atomic mass is 16.6. The maximum absolute atomic E-state index is 11.8. The smallest absolute Gasteiger partial charge is 0.411 e. The van der Waals surface area contributed by atoms with E-state index in [0.717, 1.165) is 0 Å². The van der Waals surface area contributed by atoms with Gasteiger partial charge in [-0.25, -0.2) is 4.79 Å². The van der Waals surface area contributed by atoms with E-state index in [1.54, 1.807) is 0 Å². The Hall–Kier alpha value is -1.17. The average molecular weight is 211 g/mol. The van der Waals surface area contributed by atoms with Gasteiger partial charge in [0.25, 0.3) is 0 Å². The molecule has 0 aliphatic heterocycles. The molecule has 0 aromatic rings. The molecule has 86 valence electrons. The first kappa shape index (κ1) is 13.8. The molecule has 0 aliphatic carbocycles. The van der Waals surface area contributed by atoms with Crippen molar-refractivity contribution in [1.29, 1.82) is 0 Å². The fourth-order valence-electron chi connectivity index (χ4n) is 1.15. The summed E-state index contributed by atoms with van der Waals surface area (Å²) in [6.45, 7) is 11.6. The average Bonchev–Trinajstić information content (AvgIpc) is 2.01. The molecular formula is C12H21NO2. The van der Waals surface area contributed by atoms with Crippen molar-refractivity contribution in [2.45, 2.75) is 52.7 Å². The predicted molar refractivity (Wildman–Crippen MR) is 61.5 cm³/mol. The second kappa shape index (κ2) is 4.57. The summed E-state index contributed by atoms with van der Waals surface area (Å²) in [7, 11) is 0. The van der Waals surface area contributed by atoms with E-state index in [4.69, 9.17) is 11.2 Å². The minimum Gasteiger partial charge on any atom is -0.444 e. The summed E-state index contributed by atoms with van der Waals surface area (Å²) in [6.07, 6.45) is 5.02. The van der Waals surface area contributed by atoms with E-state index in [-0.39, 0.29) is 6.09 Å². The molecule has 0 aliphatic rings. The summed E-state index contributed by atoms with van der Waals surface area (Å²) >= 11 is 0. The van der Waals surface area contributed by atoms with Crippen LogP contribution in [0.3, 0.4) is 0 Å². The first-order chi connectivity index (χ1) is 6.64. The lowest BCUT2D eigenvalue weighted by Gasteiger charge is -2.35. The Morgan fingerprint density at radius 1 is 1.33 bits per heavy atom. The topological polar surface area (TPSA) is 29.5 Å². The van der Waals surface area contributed by atoms with Crippen molar-refractivity contribution < 1.29 is 9.53 Å². The Bertz CT molecular complexity index is 268. The van der Waals surface area contributed by atoms with Gasteiger partial charge in [-0.15, -0.1) is 6.42 Å². The summed E-state index contributed by atoms with van der Waals surface area (Å²) in [5.41, 5.74) is -1.10. The number of carbonyl (C=O) groups excluding carboxylic acids is 1. The van der Waals surface area contributed by atoms with Crippen LogP contribution in [-0.4, -0.2) is 28.7 Å². The summed E-state index contributed by atoms with van der Waals surface area (Å²) < 4.78 is 5.27. The number of rotatable bonds is 2. The summed E-state index contributed by atoms with van der Waals surface area (Å²) in [5, 5.41) is 0. The normalized spacial score (nSPS) is 11.8. The second-order valence-corrected chi connectivity index (χ2v) is 4.93. The van der Waals surface area contributed by atoms with Crippen LogP contribution in [0.2, 0.25) is 0 Å². The third-order valence-corrected chi connectivity index (χ3v) is 1.96. The molecule has 0 spiro atoms. The SMILES string of the molecule is C#CC(C)(C)N(CC)C(=O)OC(C)(C)C. The predicted octanol–water partition coefficient (Wildman–Crippen LogP) is 2.66. The van der Waals surface area contributed by atoms with E-state index in [1.807, 2.05) is 41.5 Å². The van der Waals surface area contributed by atoms with Gasteiger partial charge < -0.3 is 4.74 Å². The number of ether oxygens (including phenoxy) is 1. The first-order valence-corrected chi connectivity index (χ1v) is 5.12. The van der Waals surface area contributed by atoms with E-state index in [2.05, 4.69) is 5.92 Å². The lowest BCUT2D eigenvalue weighted by molar-refractivity contribution is 0.0132. The molecule has 0 saturated carbocycles. The van der Waals surface area contributed by atoms with Crippen LogP contribution < -0.4 is 0 Å². The molecule has 0 radical (unpaired) electrons. The van der Waals surface area contributed by atoms with Crippen LogP contribution in [0.5, 0.6) is 0 Å². The maximum atomic E-state index is 11.8. The summed E-state index contributed by atoms with van der Waals surface area (Å²) in [4.78, 5) is 13.3. The van der Waals surface area contributed by atoms with Crippen LogP contribution in [-0.2, 0) is 4.74 Å². The number of amides is 1. The van der Waals surface area contributed by atoms with Crippen molar-refractivity contribution in [2.75, 3.05) is 6.54 Å². The van der Waals surface area contributed by atoms with Gasteiger partial charge in [-0.3, -0.25) is 4.90 Å². The quantitative estimate of drug-likeness (QED) is 0.657. The molecule has 15 heavy (non-hydrogen) atoms.